The molecule has 6 aliphatic rings. The SMILES string of the molecule is COC[C@@]1(C(=O)Nc2ccc3[nH]nc(-c4ccncc4)c3c2)CCN(CC(=O)N2CCC(c3ccc(-c4ncccn4)cc3)CC2)C1.CO[C@@]1(C(=O)Nc2ccc3[nH]nc(-c4ccnc(C(C)(C)C)c4)c3c2)CCN(CC(=O)N2CC=C(c3ccc(-c4ncccn4)cc3)CC2)C1.O=C(CN1CC[C@@](CO)(C(=O)Nc2ccc3[nH]nc(-c4ccc(F)cc4)c3c2)C1)N1CCC(c2ccc(-c3ncccn3)cc2)CC1. The highest BCUT2D eigenvalue weighted by Gasteiger charge is 2.49. The summed E-state index contributed by atoms with van der Waals surface area (Å²) in [5, 5.41) is 44.8. The van der Waals surface area contributed by atoms with E-state index in [1.807, 2.05) is 116 Å². The zero-order valence-electron chi connectivity index (χ0n) is 81.3. The Morgan fingerprint density at radius 2 is 0.826 bits per heavy atom. The number of methoxy groups -OCH3 is 2. The third kappa shape index (κ3) is 22.0. The number of fused-ring (bicyclic) bond motifs is 3. The Balaban J connectivity index is 0.000000137. The van der Waals surface area contributed by atoms with Crippen LogP contribution in [0.1, 0.15) is 106 Å². The standard InChI is InChI=1S/C39H42N8O3.C36H36FN7O3.C36H38N8O3/c1-38(2,3)33-22-29(12-18-40-33)35-31-23-30(10-11-32(31)44-45-35)43-37(49)39(50-4)15-21-46(25-39)24-34(48)47-19-13-27(14-20-47)26-6-8-28(9-7-26)36-41-16-5-17-42-36;37-28-8-6-26(7-9-28)33-30-20-29(10-11-31(30)41-42-33)40-35(47)36(23-45)14-19-43(22-36)21-32(46)44-17-12-25(13-18-44)24-2-4-27(5-3-24)34-38-15-1-16-39-34;1-47-24-36(35(46)40-29-7-8-31-30(21-29)33(42-41-31)27-9-16-37-17-10-27)13-20-43(23-36)22-32(45)44-18-11-26(12-19-44)25-3-5-28(6-4-25)34-38-14-2-15-39-34/h5-13,16-18,22-23H,14-15,19-21,24-25H2,1-4H3,(H,43,49)(H,44,45);1-11,15-16,20,25,45H,12-14,17-19,21-23H2,(H,40,47)(H,41,42);2-10,14-17,21,26H,11-13,18-20,22-24H2,1H3,(H,40,46)(H,41,42)/t39-;2*36-/m011/s1. The number of aliphatic hydroxyl groups is 1. The van der Waals surface area contributed by atoms with E-state index in [1.165, 1.54) is 28.8 Å². The summed E-state index contributed by atoms with van der Waals surface area (Å²) in [5.74, 6) is 2.19. The minimum absolute atomic E-state index is 0.0489. The molecule has 0 bridgehead atoms. The highest BCUT2D eigenvalue weighted by molar-refractivity contribution is 6.04. The molecule has 6 amide bonds. The van der Waals surface area contributed by atoms with Crippen molar-refractivity contribution >= 4 is 90.8 Å². The second kappa shape index (κ2) is 43.3. The van der Waals surface area contributed by atoms with Crippen LogP contribution in [0, 0.1) is 16.6 Å². The lowest BCUT2D eigenvalue weighted by Gasteiger charge is -2.33. The van der Waals surface area contributed by atoms with Gasteiger partial charge in [0, 0.05) is 213 Å². The normalized spacial score (nSPS) is 18.7. The van der Waals surface area contributed by atoms with Crippen LogP contribution in [0.5, 0.6) is 0 Å². The largest absolute Gasteiger partial charge is 0.395 e. The Kier molecular flexibility index (Phi) is 29.3. The molecule has 0 spiro atoms. The monoisotopic (exact) mass is 1930 g/mol. The molecule has 144 heavy (non-hydrogen) atoms. The number of hydrogen-bond acceptors (Lipinski definition) is 23. The molecule has 7 aromatic carbocycles. The molecule has 0 aliphatic carbocycles. The number of piperidine rings is 2. The molecule has 3 atom stereocenters. The van der Waals surface area contributed by atoms with E-state index >= 15 is 0 Å². The molecule has 0 radical (unpaired) electrons. The third-order valence-corrected chi connectivity index (χ3v) is 28.8. The minimum atomic E-state index is -1.06. The van der Waals surface area contributed by atoms with Crippen LogP contribution in [0.15, 0.2) is 256 Å². The van der Waals surface area contributed by atoms with Crippen LogP contribution in [-0.4, -0.2) is 272 Å². The van der Waals surface area contributed by atoms with Crippen molar-refractivity contribution in [1.29, 1.82) is 0 Å². The van der Waals surface area contributed by atoms with Crippen molar-refractivity contribution in [3.8, 4) is 67.9 Å². The summed E-state index contributed by atoms with van der Waals surface area (Å²) in [6, 6.07) is 61.3. The summed E-state index contributed by atoms with van der Waals surface area (Å²) in [7, 11) is 3.18. The van der Waals surface area contributed by atoms with Crippen LogP contribution in [0.25, 0.3) is 106 Å². The van der Waals surface area contributed by atoms with E-state index in [0.717, 1.165) is 140 Å². The zero-order chi connectivity index (χ0) is 99.5. The number of aromatic nitrogens is 14. The fraction of sp³-hybridized carbons (Fsp3) is 0.324. The first-order chi connectivity index (χ1) is 70.0. The molecule has 15 aromatic rings. The van der Waals surface area contributed by atoms with E-state index in [1.54, 1.807) is 94.1 Å². The first-order valence-corrected chi connectivity index (χ1v) is 49.0. The molecule has 0 unspecified atom stereocenters. The highest BCUT2D eigenvalue weighted by atomic mass is 19.1. The van der Waals surface area contributed by atoms with Crippen molar-refractivity contribution in [3.63, 3.8) is 0 Å². The molecule has 5 saturated heterocycles. The zero-order valence-corrected chi connectivity index (χ0v) is 81.3. The lowest BCUT2D eigenvalue weighted by Crippen LogP contribution is -2.48. The van der Waals surface area contributed by atoms with Crippen LogP contribution in [0.3, 0.4) is 0 Å². The quantitative estimate of drug-likeness (QED) is 0.0279. The van der Waals surface area contributed by atoms with Crippen molar-refractivity contribution in [2.24, 2.45) is 10.8 Å². The van der Waals surface area contributed by atoms with Gasteiger partial charge < -0.3 is 45.2 Å². The molecule has 14 heterocycles. The predicted octanol–water partition coefficient (Wildman–Crippen LogP) is 15.3. The van der Waals surface area contributed by atoms with Crippen LogP contribution in [0.4, 0.5) is 21.5 Å². The van der Waals surface area contributed by atoms with E-state index in [4.69, 9.17) is 9.47 Å². The topological polar surface area (TPSA) is 386 Å². The average molecular weight is 1940 g/mol. The second-order valence-electron chi connectivity index (χ2n) is 39.2. The van der Waals surface area contributed by atoms with Gasteiger partial charge in [0.1, 0.15) is 17.2 Å². The number of halogens is 1. The maximum atomic E-state index is 13.8. The van der Waals surface area contributed by atoms with Gasteiger partial charge >= 0.3 is 0 Å². The van der Waals surface area contributed by atoms with Gasteiger partial charge in [0.25, 0.3) is 5.91 Å². The molecule has 736 valence electrons. The summed E-state index contributed by atoms with van der Waals surface area (Å²) in [4.78, 5) is 128. The van der Waals surface area contributed by atoms with E-state index in [2.05, 4.69) is 185 Å². The number of nitrogens with zero attached hydrogens (tertiary/aromatic N) is 17. The summed E-state index contributed by atoms with van der Waals surface area (Å²) in [5.41, 5.74) is 15.3. The molecule has 5 fully saturated rings. The molecule has 8 aromatic heterocycles. The number of carbonyl (C=O) groups excluding carboxylic acids is 6. The maximum absolute atomic E-state index is 13.8. The van der Waals surface area contributed by atoms with Gasteiger partial charge in [-0.15, -0.1) is 0 Å². The molecule has 6 aliphatic heterocycles. The second-order valence-corrected chi connectivity index (χ2v) is 39.2. The Morgan fingerprint density at radius 1 is 0.424 bits per heavy atom. The fourth-order valence-electron chi connectivity index (χ4n) is 20.4. The predicted molar refractivity (Wildman–Crippen MR) is 550 cm³/mol. The Labute approximate surface area is 833 Å². The van der Waals surface area contributed by atoms with E-state index in [-0.39, 0.29) is 73.0 Å². The van der Waals surface area contributed by atoms with Crippen molar-refractivity contribution in [3.05, 3.63) is 284 Å². The van der Waals surface area contributed by atoms with Gasteiger partial charge in [0.05, 0.1) is 65.9 Å². The van der Waals surface area contributed by atoms with Crippen molar-refractivity contribution in [2.75, 3.05) is 142 Å². The number of rotatable bonds is 25. The number of likely N-dealkylation sites (tertiary alicyclic amines) is 5. The third-order valence-electron chi connectivity index (χ3n) is 28.8. The van der Waals surface area contributed by atoms with Gasteiger partial charge in [-0.3, -0.25) is 68.7 Å². The van der Waals surface area contributed by atoms with Crippen molar-refractivity contribution < 1.29 is 47.7 Å². The number of aliphatic hydroxyl groups excluding tert-OH is 1. The number of hydrogen-bond donors (Lipinski definition) is 7. The number of nitrogens with one attached hydrogen (secondary N) is 6. The van der Waals surface area contributed by atoms with Crippen molar-refractivity contribution in [1.82, 2.24) is 99.9 Å². The number of carbonyl (C=O) groups is 6. The minimum Gasteiger partial charge on any atom is -0.395 e. The first-order valence-electron chi connectivity index (χ1n) is 49.0. The van der Waals surface area contributed by atoms with Crippen LogP contribution < -0.4 is 16.0 Å². The van der Waals surface area contributed by atoms with E-state index in [9.17, 15) is 38.3 Å². The molecule has 33 heteroatoms. The van der Waals surface area contributed by atoms with Gasteiger partial charge in [-0.05, 0) is 220 Å². The Hall–Kier alpha value is -15.3. The molecule has 32 nitrogen and oxygen atoms in total. The summed E-state index contributed by atoms with van der Waals surface area (Å²) < 4.78 is 24.9. The summed E-state index contributed by atoms with van der Waals surface area (Å²) in [6.07, 6.45) is 23.8. The van der Waals surface area contributed by atoms with Gasteiger partial charge in [0.2, 0.25) is 29.5 Å². The average Bonchev–Trinajstić information content (AvgIpc) is 1.61. The molecule has 7 N–H and O–H groups in total. The van der Waals surface area contributed by atoms with Gasteiger partial charge in [-0.1, -0.05) is 99.6 Å². The van der Waals surface area contributed by atoms with Crippen LogP contribution in [0.2, 0.25) is 0 Å². The fourth-order valence-corrected chi connectivity index (χ4v) is 20.4. The number of benzene rings is 7. The number of aromatic amines is 3. The lowest BCUT2D eigenvalue weighted by atomic mass is 9.86. The number of anilines is 3. The maximum Gasteiger partial charge on any atom is 0.258 e. The number of ether oxygens (including phenoxy) is 2. The van der Waals surface area contributed by atoms with Gasteiger partial charge in [-0.25, -0.2) is 34.3 Å². The smallest absolute Gasteiger partial charge is 0.258 e. The van der Waals surface area contributed by atoms with E-state index < -0.39 is 16.4 Å². The Morgan fingerprint density at radius 3 is 1.28 bits per heavy atom. The molecular weight excluding hydrogens is 1820 g/mol. The van der Waals surface area contributed by atoms with Gasteiger partial charge in [-0.2, -0.15) is 15.3 Å². The summed E-state index contributed by atoms with van der Waals surface area (Å²) >= 11 is 0. The molecule has 21 rings (SSSR count). The summed E-state index contributed by atoms with van der Waals surface area (Å²) in [6.45, 7) is 14.0. The molecule has 0 saturated carbocycles. The lowest BCUT2D eigenvalue weighted by molar-refractivity contribution is -0.138. The highest BCUT2D eigenvalue weighted by Crippen LogP contribution is 2.41. The van der Waals surface area contributed by atoms with Crippen LogP contribution >= 0.6 is 0 Å². The number of amides is 6. The first kappa shape index (κ1) is 97.6. The Bertz CT molecular complexity index is 7100. The van der Waals surface area contributed by atoms with Gasteiger partial charge in [0.15, 0.2) is 23.1 Å². The van der Waals surface area contributed by atoms with E-state index in [0.29, 0.717) is 137 Å². The molecular formula is C111H116FN23O9. The van der Waals surface area contributed by atoms with Crippen LogP contribution in [-0.2, 0) is 43.7 Å². The van der Waals surface area contributed by atoms with Crippen molar-refractivity contribution in [2.45, 2.75) is 95.0 Å². The number of pyridine rings is 2. The number of H-pyrrole nitrogens is 3.